The highest BCUT2D eigenvalue weighted by atomic mass is 32.1. The summed E-state index contributed by atoms with van der Waals surface area (Å²) in [4.78, 5) is 23.6. The van der Waals surface area contributed by atoms with Crippen LogP contribution in [0.3, 0.4) is 0 Å². The van der Waals surface area contributed by atoms with E-state index in [2.05, 4.69) is 5.32 Å². The maximum atomic E-state index is 11.6. The first-order chi connectivity index (χ1) is 8.00. The molecule has 1 rings (SSSR count). The third kappa shape index (κ3) is 4.54. The van der Waals surface area contributed by atoms with E-state index in [4.69, 9.17) is 9.84 Å². The molecule has 0 bridgehead atoms. The van der Waals surface area contributed by atoms with Crippen LogP contribution in [-0.2, 0) is 9.53 Å². The van der Waals surface area contributed by atoms with Gasteiger partial charge in [0.1, 0.15) is 6.61 Å². The summed E-state index contributed by atoms with van der Waals surface area (Å²) >= 11 is 1.44. The number of nitrogens with one attached hydrogen (secondary N) is 1. The van der Waals surface area contributed by atoms with Crippen molar-refractivity contribution in [3.05, 3.63) is 21.4 Å². The fourth-order valence-electron chi connectivity index (χ4n) is 1.17. The van der Waals surface area contributed by atoms with Gasteiger partial charge in [-0.05, 0) is 25.5 Å². The van der Waals surface area contributed by atoms with Crippen molar-refractivity contribution < 1.29 is 19.4 Å². The highest BCUT2D eigenvalue weighted by Gasteiger charge is 2.09. The van der Waals surface area contributed by atoms with E-state index in [1.807, 2.05) is 19.9 Å². The number of hydrogen-bond acceptors (Lipinski definition) is 4. The first-order valence-electron chi connectivity index (χ1n) is 5.15. The van der Waals surface area contributed by atoms with Crippen molar-refractivity contribution in [3.8, 4) is 0 Å². The monoisotopic (exact) mass is 257 g/mol. The van der Waals surface area contributed by atoms with Crippen molar-refractivity contribution >= 4 is 23.2 Å². The molecule has 0 fully saturated rings. The lowest BCUT2D eigenvalue weighted by Crippen LogP contribution is -2.27. The molecule has 0 atom stereocenters. The summed E-state index contributed by atoms with van der Waals surface area (Å²) in [6.07, 6.45) is 0. The van der Waals surface area contributed by atoms with Crippen LogP contribution in [0.2, 0.25) is 0 Å². The molecule has 1 aromatic rings. The zero-order valence-electron chi connectivity index (χ0n) is 9.78. The Bertz CT molecular complexity index is 394. The van der Waals surface area contributed by atoms with Crippen molar-refractivity contribution in [3.63, 3.8) is 0 Å². The Kier molecular flexibility index (Phi) is 5.11. The van der Waals surface area contributed by atoms with Gasteiger partial charge in [-0.25, -0.2) is 4.79 Å². The quantitative estimate of drug-likeness (QED) is 0.751. The van der Waals surface area contributed by atoms with E-state index in [1.165, 1.54) is 11.3 Å². The molecule has 0 spiro atoms. The number of rotatable bonds is 6. The zero-order chi connectivity index (χ0) is 12.8. The van der Waals surface area contributed by atoms with Crippen LogP contribution in [0, 0.1) is 13.8 Å². The maximum Gasteiger partial charge on any atom is 0.329 e. The predicted molar refractivity (Wildman–Crippen MR) is 64.6 cm³/mol. The fourth-order valence-corrected chi connectivity index (χ4v) is 2.12. The molecular weight excluding hydrogens is 242 g/mol. The highest BCUT2D eigenvalue weighted by Crippen LogP contribution is 2.20. The summed E-state index contributed by atoms with van der Waals surface area (Å²) in [5.74, 6) is -1.16. The van der Waals surface area contributed by atoms with Crippen LogP contribution in [0.4, 0.5) is 0 Å². The minimum absolute atomic E-state index is 0.148. The minimum atomic E-state index is -1.01. The van der Waals surface area contributed by atoms with Gasteiger partial charge in [-0.2, -0.15) is 0 Å². The van der Waals surface area contributed by atoms with Crippen LogP contribution in [0.25, 0.3) is 0 Å². The second kappa shape index (κ2) is 6.36. The molecule has 0 aliphatic carbocycles. The molecule has 5 nitrogen and oxygen atoms in total. The van der Waals surface area contributed by atoms with E-state index in [-0.39, 0.29) is 19.1 Å². The van der Waals surface area contributed by atoms with Crippen LogP contribution in [-0.4, -0.2) is 36.7 Å². The predicted octanol–water partition coefficient (Wildman–Crippen LogP) is 1.20. The Morgan fingerprint density at radius 2 is 2.18 bits per heavy atom. The average molecular weight is 257 g/mol. The molecule has 94 valence electrons. The van der Waals surface area contributed by atoms with E-state index in [0.717, 1.165) is 10.4 Å². The van der Waals surface area contributed by atoms with Gasteiger partial charge in [0.2, 0.25) is 0 Å². The summed E-state index contributed by atoms with van der Waals surface area (Å²) in [7, 11) is 0. The summed E-state index contributed by atoms with van der Waals surface area (Å²) in [5, 5.41) is 11.0. The molecule has 0 aromatic carbocycles. The molecule has 0 aliphatic heterocycles. The standard InChI is InChI=1S/C11H15NO4S/c1-7-5-9(17-8(7)2)11(15)12-3-4-16-6-10(13)14/h5H,3-4,6H2,1-2H3,(H,12,15)(H,13,14). The van der Waals surface area contributed by atoms with Crippen LogP contribution in [0.5, 0.6) is 0 Å². The Morgan fingerprint density at radius 3 is 2.71 bits per heavy atom. The lowest BCUT2D eigenvalue weighted by atomic mass is 10.3. The number of carbonyl (C=O) groups is 2. The molecule has 0 unspecified atom stereocenters. The van der Waals surface area contributed by atoms with Crippen molar-refractivity contribution in [2.75, 3.05) is 19.8 Å². The van der Waals surface area contributed by atoms with Crippen molar-refractivity contribution in [1.82, 2.24) is 5.32 Å². The van der Waals surface area contributed by atoms with Crippen molar-refractivity contribution in [2.45, 2.75) is 13.8 Å². The molecule has 17 heavy (non-hydrogen) atoms. The Balaban J connectivity index is 2.28. The smallest absolute Gasteiger partial charge is 0.329 e. The molecule has 1 aromatic heterocycles. The van der Waals surface area contributed by atoms with Crippen LogP contribution >= 0.6 is 11.3 Å². The lowest BCUT2D eigenvalue weighted by Gasteiger charge is -2.03. The second-order valence-corrected chi connectivity index (χ2v) is 4.81. The molecule has 0 aliphatic rings. The molecule has 0 saturated heterocycles. The molecular formula is C11H15NO4S. The van der Waals surface area contributed by atoms with Crippen LogP contribution in [0.1, 0.15) is 20.1 Å². The van der Waals surface area contributed by atoms with Gasteiger partial charge < -0.3 is 15.2 Å². The minimum Gasteiger partial charge on any atom is -0.480 e. The van der Waals surface area contributed by atoms with Crippen molar-refractivity contribution in [2.24, 2.45) is 0 Å². The summed E-state index contributed by atoms with van der Waals surface area (Å²) < 4.78 is 4.80. The average Bonchev–Trinajstić information content (AvgIpc) is 2.58. The van der Waals surface area contributed by atoms with Gasteiger partial charge in [-0.15, -0.1) is 11.3 Å². The van der Waals surface area contributed by atoms with Crippen LogP contribution < -0.4 is 5.32 Å². The number of carbonyl (C=O) groups excluding carboxylic acids is 1. The summed E-state index contributed by atoms with van der Waals surface area (Å²) in [5.41, 5.74) is 1.10. The summed E-state index contributed by atoms with van der Waals surface area (Å²) in [6.45, 7) is 4.09. The molecule has 6 heteroatoms. The molecule has 2 N–H and O–H groups in total. The Morgan fingerprint density at radius 1 is 1.47 bits per heavy atom. The number of thiophene rings is 1. The maximum absolute atomic E-state index is 11.6. The van der Waals surface area contributed by atoms with Gasteiger partial charge in [0.25, 0.3) is 5.91 Å². The molecule has 0 saturated carbocycles. The van der Waals surface area contributed by atoms with Gasteiger partial charge in [0.15, 0.2) is 0 Å². The third-order valence-electron chi connectivity index (χ3n) is 2.15. The number of ether oxygens (including phenoxy) is 1. The van der Waals surface area contributed by atoms with Gasteiger partial charge in [-0.3, -0.25) is 4.79 Å². The summed E-state index contributed by atoms with van der Waals surface area (Å²) in [6, 6.07) is 1.84. The topological polar surface area (TPSA) is 75.6 Å². The van der Waals surface area contributed by atoms with E-state index in [0.29, 0.717) is 11.4 Å². The first kappa shape index (κ1) is 13.7. The highest BCUT2D eigenvalue weighted by molar-refractivity contribution is 7.14. The largest absolute Gasteiger partial charge is 0.480 e. The third-order valence-corrected chi connectivity index (χ3v) is 3.30. The number of carboxylic acids is 1. The fraction of sp³-hybridized carbons (Fsp3) is 0.455. The number of aliphatic carboxylic acids is 1. The molecule has 1 heterocycles. The van der Waals surface area contributed by atoms with E-state index >= 15 is 0 Å². The number of carboxylic acid groups (broad SMARTS) is 1. The molecule has 0 radical (unpaired) electrons. The Hall–Kier alpha value is -1.40. The zero-order valence-corrected chi connectivity index (χ0v) is 10.6. The van der Waals surface area contributed by atoms with Gasteiger partial charge in [0, 0.05) is 11.4 Å². The van der Waals surface area contributed by atoms with Gasteiger partial charge >= 0.3 is 5.97 Å². The van der Waals surface area contributed by atoms with Gasteiger partial charge in [0.05, 0.1) is 11.5 Å². The van der Waals surface area contributed by atoms with E-state index < -0.39 is 5.97 Å². The first-order valence-corrected chi connectivity index (χ1v) is 5.97. The van der Waals surface area contributed by atoms with E-state index in [9.17, 15) is 9.59 Å². The van der Waals surface area contributed by atoms with E-state index in [1.54, 1.807) is 0 Å². The normalized spacial score (nSPS) is 10.2. The number of hydrogen-bond donors (Lipinski definition) is 2. The van der Waals surface area contributed by atoms with Crippen molar-refractivity contribution in [1.29, 1.82) is 0 Å². The van der Waals surface area contributed by atoms with Crippen LogP contribution in [0.15, 0.2) is 6.07 Å². The molecule has 1 amide bonds. The SMILES string of the molecule is Cc1cc(C(=O)NCCOCC(=O)O)sc1C. The Labute approximate surface area is 103 Å². The lowest BCUT2D eigenvalue weighted by molar-refractivity contribution is -0.142. The van der Waals surface area contributed by atoms with Gasteiger partial charge in [-0.1, -0.05) is 0 Å². The number of amides is 1. The number of aryl methyl sites for hydroxylation is 2. The second-order valence-electron chi connectivity index (χ2n) is 3.55.